The van der Waals surface area contributed by atoms with Gasteiger partial charge in [0.1, 0.15) is 11.6 Å². The van der Waals surface area contributed by atoms with Crippen molar-refractivity contribution in [2.75, 3.05) is 25.0 Å². The smallest absolute Gasteiger partial charge is 0.250 e. The summed E-state index contributed by atoms with van der Waals surface area (Å²) >= 11 is 3.69. The minimum Gasteiger partial charge on any atom is -0.396 e. The molecule has 6 atom stereocenters. The van der Waals surface area contributed by atoms with Gasteiger partial charge in [0.2, 0.25) is 17.7 Å². The summed E-state index contributed by atoms with van der Waals surface area (Å²) in [6.07, 6.45) is 2.88. The molecule has 3 unspecified atom stereocenters. The second-order valence-corrected chi connectivity index (χ2v) is 11.3. The number of nitrogens with one attached hydrogen (secondary N) is 2. The minimum absolute atomic E-state index is 0.0901. The Labute approximate surface area is 215 Å². The van der Waals surface area contributed by atoms with E-state index in [0.29, 0.717) is 38.0 Å². The summed E-state index contributed by atoms with van der Waals surface area (Å²) in [7, 11) is 0. The van der Waals surface area contributed by atoms with Gasteiger partial charge in [-0.15, -0.1) is 0 Å². The number of nitrogens with zero attached hydrogens (tertiary/aromatic N) is 1. The molecule has 0 radical (unpaired) electrons. The highest BCUT2D eigenvalue weighted by Gasteiger charge is 2.76. The van der Waals surface area contributed by atoms with E-state index in [9.17, 15) is 14.4 Å². The normalized spacial score (nSPS) is 31.1. The first-order chi connectivity index (χ1) is 16.7. The quantitative estimate of drug-likeness (QED) is 0.307. The van der Waals surface area contributed by atoms with Gasteiger partial charge in [-0.05, 0) is 63.1 Å². The SMILES string of the molecule is CCCNC(=O)[C@H]1[C@@H]2OC3(CC2Br)C(C(=O)Nc2cc(C)ccc2C)N(CCCCCO)C(=O)[C@H]13. The molecule has 0 aromatic heterocycles. The van der Waals surface area contributed by atoms with Crippen LogP contribution in [0.5, 0.6) is 0 Å². The van der Waals surface area contributed by atoms with Gasteiger partial charge in [0.25, 0.3) is 0 Å². The molecule has 9 heteroatoms. The number of aryl methyl sites for hydroxylation is 2. The highest BCUT2D eigenvalue weighted by atomic mass is 79.9. The molecule has 0 saturated carbocycles. The fourth-order valence-electron chi connectivity index (χ4n) is 5.98. The molecule has 3 aliphatic rings. The van der Waals surface area contributed by atoms with Crippen molar-refractivity contribution in [1.29, 1.82) is 0 Å². The fraction of sp³-hybridized carbons (Fsp3) is 0.654. The Morgan fingerprint density at radius 1 is 1.23 bits per heavy atom. The first-order valence-electron chi connectivity index (χ1n) is 12.6. The zero-order valence-corrected chi connectivity index (χ0v) is 22.3. The second kappa shape index (κ2) is 10.6. The molecular weight excluding hydrogens is 514 g/mol. The van der Waals surface area contributed by atoms with Crippen LogP contribution in [0.15, 0.2) is 18.2 Å². The number of alkyl halides is 1. The van der Waals surface area contributed by atoms with Gasteiger partial charge in [0.05, 0.1) is 17.9 Å². The van der Waals surface area contributed by atoms with Crippen molar-refractivity contribution < 1.29 is 24.2 Å². The van der Waals surface area contributed by atoms with Crippen LogP contribution in [0.4, 0.5) is 5.69 Å². The number of unbranched alkanes of at least 4 members (excludes halogenated alkanes) is 2. The molecule has 1 aromatic carbocycles. The Morgan fingerprint density at radius 3 is 2.71 bits per heavy atom. The van der Waals surface area contributed by atoms with E-state index >= 15 is 0 Å². The Hall–Kier alpha value is -1.97. The van der Waals surface area contributed by atoms with Crippen molar-refractivity contribution in [2.24, 2.45) is 11.8 Å². The first kappa shape index (κ1) is 26.1. The summed E-state index contributed by atoms with van der Waals surface area (Å²) < 4.78 is 6.49. The molecule has 1 aromatic rings. The van der Waals surface area contributed by atoms with Crippen molar-refractivity contribution >= 4 is 39.3 Å². The van der Waals surface area contributed by atoms with Gasteiger partial charge in [0.15, 0.2) is 0 Å². The molecule has 1 spiro atoms. The van der Waals surface area contributed by atoms with E-state index in [-0.39, 0.29) is 29.2 Å². The number of carbonyl (C=O) groups is 3. The monoisotopic (exact) mass is 549 g/mol. The molecule has 8 nitrogen and oxygen atoms in total. The van der Waals surface area contributed by atoms with Crippen molar-refractivity contribution in [3.63, 3.8) is 0 Å². The van der Waals surface area contributed by atoms with Crippen LogP contribution in [0.25, 0.3) is 0 Å². The maximum Gasteiger partial charge on any atom is 0.250 e. The summed E-state index contributed by atoms with van der Waals surface area (Å²) in [6, 6.07) is 5.04. The van der Waals surface area contributed by atoms with Crippen molar-refractivity contribution in [3.05, 3.63) is 29.3 Å². The molecule has 192 valence electrons. The molecule has 0 aliphatic carbocycles. The number of rotatable bonds is 10. The summed E-state index contributed by atoms with van der Waals surface area (Å²) in [6.45, 7) is 6.88. The summed E-state index contributed by atoms with van der Waals surface area (Å²) in [4.78, 5) is 42.4. The van der Waals surface area contributed by atoms with Crippen LogP contribution < -0.4 is 10.6 Å². The third-order valence-electron chi connectivity index (χ3n) is 7.60. The fourth-order valence-corrected chi connectivity index (χ4v) is 6.92. The number of fused-ring (bicyclic) bond motifs is 1. The Bertz CT molecular complexity index is 988. The number of carbonyl (C=O) groups excluding carboxylic acids is 3. The van der Waals surface area contributed by atoms with E-state index in [0.717, 1.165) is 24.0 Å². The predicted molar refractivity (Wildman–Crippen MR) is 136 cm³/mol. The predicted octanol–water partition coefficient (Wildman–Crippen LogP) is 2.68. The largest absolute Gasteiger partial charge is 0.396 e. The maximum absolute atomic E-state index is 13.9. The Morgan fingerprint density at radius 2 is 2.00 bits per heavy atom. The van der Waals surface area contributed by atoms with Crippen molar-refractivity contribution in [1.82, 2.24) is 10.2 Å². The molecule has 4 rings (SSSR count). The number of likely N-dealkylation sites (tertiary alicyclic amines) is 1. The molecule has 3 fully saturated rings. The minimum atomic E-state index is -1.05. The average molecular weight is 550 g/mol. The summed E-state index contributed by atoms with van der Waals surface area (Å²) in [5.74, 6) is -1.98. The number of ether oxygens (including phenoxy) is 1. The van der Waals surface area contributed by atoms with Crippen molar-refractivity contribution in [3.8, 4) is 0 Å². The van der Waals surface area contributed by atoms with E-state index in [4.69, 9.17) is 9.84 Å². The number of aliphatic hydroxyl groups excluding tert-OH is 1. The third-order valence-corrected chi connectivity index (χ3v) is 8.44. The van der Waals surface area contributed by atoms with Gasteiger partial charge in [-0.2, -0.15) is 0 Å². The molecule has 3 amide bonds. The lowest BCUT2D eigenvalue weighted by atomic mass is 9.70. The number of benzene rings is 1. The van der Waals surface area contributed by atoms with Crippen LogP contribution in [-0.4, -0.2) is 70.0 Å². The molecular formula is C26H36BrN3O5. The first-order valence-corrected chi connectivity index (χ1v) is 13.6. The van der Waals surface area contributed by atoms with Crippen molar-refractivity contribution in [2.45, 2.75) is 75.4 Å². The average Bonchev–Trinajstić information content (AvgIpc) is 3.41. The number of anilines is 1. The van der Waals surface area contributed by atoms with E-state index in [1.165, 1.54) is 0 Å². The summed E-state index contributed by atoms with van der Waals surface area (Å²) in [5, 5.41) is 15.2. The highest BCUT2D eigenvalue weighted by molar-refractivity contribution is 9.09. The Balaban J connectivity index is 1.68. The van der Waals surface area contributed by atoms with Gasteiger partial charge in [-0.1, -0.05) is 35.0 Å². The molecule has 3 heterocycles. The second-order valence-electron chi connectivity index (χ2n) is 10.1. The number of hydrogen-bond donors (Lipinski definition) is 3. The number of halogens is 1. The highest BCUT2D eigenvalue weighted by Crippen LogP contribution is 2.60. The van der Waals surface area contributed by atoms with Crippen LogP contribution in [-0.2, 0) is 19.1 Å². The van der Waals surface area contributed by atoms with Gasteiger partial charge < -0.3 is 25.4 Å². The van der Waals surface area contributed by atoms with Gasteiger partial charge in [-0.3, -0.25) is 14.4 Å². The standard InChI is InChI=1S/C26H36BrN3O5/c1-4-10-28-23(32)19-20-25(34)30(11-6-5-7-12-31)22(26(20)14-17(27)21(19)35-26)24(33)29-18-13-15(2)8-9-16(18)3/h8-9,13,17,19-22,31H,4-7,10-12,14H2,1-3H3,(H,28,32)(H,29,33)/t17?,19-,20+,21-,22?,26?/m1/s1. The molecule has 3 aliphatic heterocycles. The van der Waals surface area contributed by atoms with Crippen LogP contribution in [0.3, 0.4) is 0 Å². The lowest BCUT2D eigenvalue weighted by Crippen LogP contribution is -2.54. The molecule has 2 bridgehead atoms. The third kappa shape index (κ3) is 4.62. The van der Waals surface area contributed by atoms with Crippen LogP contribution in [0.1, 0.15) is 50.2 Å². The number of hydrogen-bond acceptors (Lipinski definition) is 5. The van der Waals surface area contributed by atoms with E-state index < -0.39 is 29.6 Å². The Kier molecular flexibility index (Phi) is 7.88. The lowest BCUT2D eigenvalue weighted by molar-refractivity contribution is -0.140. The topological polar surface area (TPSA) is 108 Å². The molecule has 3 N–H and O–H groups in total. The van der Waals surface area contributed by atoms with E-state index in [1.807, 2.05) is 39.0 Å². The van der Waals surface area contributed by atoms with E-state index in [2.05, 4.69) is 26.6 Å². The zero-order valence-electron chi connectivity index (χ0n) is 20.7. The lowest BCUT2D eigenvalue weighted by Gasteiger charge is -2.34. The van der Waals surface area contributed by atoms with Gasteiger partial charge >= 0.3 is 0 Å². The van der Waals surface area contributed by atoms with E-state index in [1.54, 1.807) is 4.90 Å². The summed E-state index contributed by atoms with van der Waals surface area (Å²) in [5.41, 5.74) is 1.62. The van der Waals surface area contributed by atoms with Gasteiger partial charge in [0, 0.05) is 30.2 Å². The maximum atomic E-state index is 13.9. The number of aliphatic hydroxyl groups is 1. The zero-order chi connectivity index (χ0) is 25.3. The number of amides is 3. The van der Waals surface area contributed by atoms with Crippen LogP contribution >= 0.6 is 15.9 Å². The van der Waals surface area contributed by atoms with Gasteiger partial charge in [-0.25, -0.2) is 0 Å². The van der Waals surface area contributed by atoms with Crippen LogP contribution in [0.2, 0.25) is 0 Å². The van der Waals surface area contributed by atoms with Crippen LogP contribution in [0, 0.1) is 25.7 Å². The molecule has 3 saturated heterocycles. The molecule has 35 heavy (non-hydrogen) atoms.